The summed E-state index contributed by atoms with van der Waals surface area (Å²) in [5.41, 5.74) is 2.42. The van der Waals surface area contributed by atoms with Crippen LogP contribution >= 0.6 is 0 Å². The van der Waals surface area contributed by atoms with E-state index in [0.717, 1.165) is 11.1 Å². The molecule has 28 heavy (non-hydrogen) atoms. The Labute approximate surface area is 162 Å². The Kier molecular flexibility index (Phi) is 4.89. The molecule has 0 unspecified atom stereocenters. The first-order chi connectivity index (χ1) is 13.2. The zero-order chi connectivity index (χ0) is 20.5. The molecule has 0 aliphatic rings. The lowest BCUT2D eigenvalue weighted by molar-refractivity contribution is 0.00691. The average Bonchev–Trinajstić information content (AvgIpc) is 3.01. The summed E-state index contributed by atoms with van der Waals surface area (Å²) in [6.45, 7) is 7.24. The summed E-state index contributed by atoms with van der Waals surface area (Å²) in [6.07, 6.45) is 2.92. The van der Waals surface area contributed by atoms with Crippen LogP contribution in [0, 0.1) is 18.3 Å². The summed E-state index contributed by atoms with van der Waals surface area (Å²) >= 11 is 0. The van der Waals surface area contributed by atoms with Crippen LogP contribution in [0.15, 0.2) is 42.7 Å². The van der Waals surface area contributed by atoms with Crippen molar-refractivity contribution in [2.45, 2.75) is 33.3 Å². The number of aromatic nitrogens is 3. The van der Waals surface area contributed by atoms with E-state index >= 15 is 0 Å². The lowest BCUT2D eigenvalue weighted by Gasteiger charge is -2.19. The van der Waals surface area contributed by atoms with E-state index in [2.05, 4.69) is 16.2 Å². The number of rotatable bonds is 3. The summed E-state index contributed by atoms with van der Waals surface area (Å²) in [5.74, 6) is -0.183. The minimum absolute atomic E-state index is 0.0784. The third-order valence-electron chi connectivity index (χ3n) is 3.99. The van der Waals surface area contributed by atoms with Crippen molar-refractivity contribution >= 4 is 5.97 Å². The predicted molar refractivity (Wildman–Crippen MR) is 103 cm³/mol. The van der Waals surface area contributed by atoms with Gasteiger partial charge in [0.25, 0.3) is 0 Å². The van der Waals surface area contributed by atoms with E-state index in [1.807, 2.05) is 6.92 Å². The molecule has 2 aromatic heterocycles. The van der Waals surface area contributed by atoms with E-state index in [4.69, 9.17) is 10.00 Å². The highest BCUT2D eigenvalue weighted by molar-refractivity contribution is 5.89. The van der Waals surface area contributed by atoms with Gasteiger partial charge >= 0.3 is 5.97 Å². The number of nitriles is 1. The standard InChI is InChI=1S/C21H20N4O3/c1-13-9-14(10-22)5-7-16(13)17-12-24-25(19(17)26)18-8-6-15(11-23-18)20(27)28-21(2,3)4/h5-9,11-12,26H,1-4H3. The van der Waals surface area contributed by atoms with Crippen LogP contribution in [0.4, 0.5) is 0 Å². The molecule has 7 nitrogen and oxygen atoms in total. The van der Waals surface area contributed by atoms with Crippen LogP contribution in [0.3, 0.4) is 0 Å². The molecule has 7 heteroatoms. The van der Waals surface area contributed by atoms with Gasteiger partial charge in [0.05, 0.1) is 29.0 Å². The number of aryl methyl sites for hydroxylation is 1. The molecule has 0 fully saturated rings. The smallest absolute Gasteiger partial charge is 0.340 e. The van der Waals surface area contributed by atoms with Crippen LogP contribution in [0.2, 0.25) is 0 Å². The highest BCUT2D eigenvalue weighted by Gasteiger charge is 2.19. The van der Waals surface area contributed by atoms with Gasteiger partial charge in [-0.15, -0.1) is 0 Å². The number of hydrogen-bond acceptors (Lipinski definition) is 6. The van der Waals surface area contributed by atoms with Gasteiger partial charge in [-0.05, 0) is 63.1 Å². The molecule has 142 valence electrons. The molecule has 0 spiro atoms. The van der Waals surface area contributed by atoms with Crippen molar-refractivity contribution in [3.05, 3.63) is 59.4 Å². The zero-order valence-corrected chi connectivity index (χ0v) is 16.1. The normalized spacial score (nSPS) is 11.1. The first-order valence-electron chi connectivity index (χ1n) is 8.67. The summed E-state index contributed by atoms with van der Waals surface area (Å²) in [7, 11) is 0. The van der Waals surface area contributed by atoms with Crippen LogP contribution in [0.25, 0.3) is 16.9 Å². The molecule has 0 amide bonds. The average molecular weight is 376 g/mol. The van der Waals surface area contributed by atoms with Gasteiger partial charge < -0.3 is 9.84 Å². The van der Waals surface area contributed by atoms with Crippen molar-refractivity contribution < 1.29 is 14.6 Å². The molecule has 0 atom stereocenters. The molecule has 3 aromatic rings. The number of benzene rings is 1. The first-order valence-corrected chi connectivity index (χ1v) is 8.67. The molecule has 1 aromatic carbocycles. The fraction of sp³-hybridized carbons (Fsp3) is 0.238. The second-order valence-electron chi connectivity index (χ2n) is 7.34. The minimum atomic E-state index is -0.593. The topological polar surface area (TPSA) is 101 Å². The monoisotopic (exact) mass is 376 g/mol. The summed E-state index contributed by atoms with van der Waals surface area (Å²) in [6, 6.07) is 10.5. The largest absolute Gasteiger partial charge is 0.493 e. The molecule has 0 bridgehead atoms. The fourth-order valence-electron chi connectivity index (χ4n) is 2.70. The van der Waals surface area contributed by atoms with Crippen LogP contribution < -0.4 is 0 Å². The second-order valence-corrected chi connectivity index (χ2v) is 7.34. The number of esters is 1. The lowest BCUT2D eigenvalue weighted by atomic mass is 10.0. The molecule has 0 aliphatic carbocycles. The maximum absolute atomic E-state index is 12.1. The van der Waals surface area contributed by atoms with E-state index in [0.29, 0.717) is 22.5 Å². The van der Waals surface area contributed by atoms with E-state index in [1.54, 1.807) is 51.1 Å². The molecule has 3 rings (SSSR count). The van der Waals surface area contributed by atoms with E-state index in [1.165, 1.54) is 17.1 Å². The van der Waals surface area contributed by atoms with E-state index in [-0.39, 0.29) is 5.88 Å². The number of ether oxygens (including phenoxy) is 1. The molecule has 2 heterocycles. The van der Waals surface area contributed by atoms with Gasteiger partial charge in [0, 0.05) is 6.20 Å². The number of nitrogens with zero attached hydrogens (tertiary/aromatic N) is 4. The Morgan fingerprint density at radius 1 is 1.18 bits per heavy atom. The third-order valence-corrected chi connectivity index (χ3v) is 3.99. The fourth-order valence-corrected chi connectivity index (χ4v) is 2.70. The lowest BCUT2D eigenvalue weighted by Crippen LogP contribution is -2.24. The van der Waals surface area contributed by atoms with Gasteiger partial charge in [-0.1, -0.05) is 6.07 Å². The quantitative estimate of drug-likeness (QED) is 0.698. The minimum Gasteiger partial charge on any atom is -0.493 e. The van der Waals surface area contributed by atoms with Crippen LogP contribution in [-0.2, 0) is 4.74 Å². The Bertz CT molecular complexity index is 1070. The number of carbonyl (C=O) groups is 1. The molecular formula is C21H20N4O3. The van der Waals surface area contributed by atoms with Gasteiger partial charge in [0.2, 0.25) is 5.88 Å². The highest BCUT2D eigenvalue weighted by atomic mass is 16.6. The molecule has 0 saturated carbocycles. The Morgan fingerprint density at radius 2 is 1.93 bits per heavy atom. The zero-order valence-electron chi connectivity index (χ0n) is 16.1. The van der Waals surface area contributed by atoms with Gasteiger partial charge in [0.1, 0.15) is 5.60 Å². The second kappa shape index (κ2) is 7.16. The van der Waals surface area contributed by atoms with Crippen molar-refractivity contribution in [2.24, 2.45) is 0 Å². The van der Waals surface area contributed by atoms with Crippen molar-refractivity contribution in [3.8, 4) is 28.9 Å². The highest BCUT2D eigenvalue weighted by Crippen LogP contribution is 2.33. The van der Waals surface area contributed by atoms with E-state index in [9.17, 15) is 9.90 Å². The number of hydrogen-bond donors (Lipinski definition) is 1. The Morgan fingerprint density at radius 3 is 2.50 bits per heavy atom. The number of carbonyl (C=O) groups excluding carboxylic acids is 1. The van der Waals surface area contributed by atoms with Gasteiger partial charge in [-0.3, -0.25) is 0 Å². The van der Waals surface area contributed by atoms with Crippen LogP contribution in [-0.4, -0.2) is 31.4 Å². The SMILES string of the molecule is Cc1cc(C#N)ccc1-c1cnn(-c2ccc(C(=O)OC(C)(C)C)cn2)c1O. The van der Waals surface area contributed by atoms with Crippen molar-refractivity contribution in [1.82, 2.24) is 14.8 Å². The van der Waals surface area contributed by atoms with Crippen molar-refractivity contribution in [3.63, 3.8) is 0 Å². The van der Waals surface area contributed by atoms with Crippen LogP contribution in [0.1, 0.15) is 42.3 Å². The molecule has 0 saturated heterocycles. The van der Waals surface area contributed by atoms with Gasteiger partial charge in [0.15, 0.2) is 5.82 Å². The molecule has 0 aliphatic heterocycles. The summed E-state index contributed by atoms with van der Waals surface area (Å²) in [5, 5.41) is 23.8. The Hall–Kier alpha value is -3.66. The van der Waals surface area contributed by atoms with E-state index < -0.39 is 11.6 Å². The van der Waals surface area contributed by atoms with Crippen molar-refractivity contribution in [1.29, 1.82) is 5.26 Å². The molecule has 0 radical (unpaired) electrons. The Balaban J connectivity index is 1.90. The molecule has 1 N–H and O–H groups in total. The van der Waals surface area contributed by atoms with Crippen molar-refractivity contribution in [2.75, 3.05) is 0 Å². The molecular weight excluding hydrogens is 356 g/mol. The van der Waals surface area contributed by atoms with Gasteiger partial charge in [-0.2, -0.15) is 15.0 Å². The maximum Gasteiger partial charge on any atom is 0.340 e. The predicted octanol–water partition coefficient (Wildman–Crippen LogP) is 3.78. The summed E-state index contributed by atoms with van der Waals surface area (Å²) in [4.78, 5) is 16.3. The number of aromatic hydroxyl groups is 1. The first kappa shape index (κ1) is 19.1. The maximum atomic E-state index is 12.1. The third kappa shape index (κ3) is 3.86. The van der Waals surface area contributed by atoms with Crippen LogP contribution in [0.5, 0.6) is 5.88 Å². The van der Waals surface area contributed by atoms with Gasteiger partial charge in [-0.25, -0.2) is 9.78 Å². The summed E-state index contributed by atoms with van der Waals surface area (Å²) < 4.78 is 6.60. The number of pyridine rings is 1.